The molecule has 2 N–H and O–H groups in total. The van der Waals surface area contributed by atoms with E-state index >= 15 is 0 Å². The number of esters is 1. The molecule has 0 bridgehead atoms. The second-order valence-electron chi connectivity index (χ2n) is 15.8. The minimum absolute atomic E-state index is 0.0779. The lowest BCUT2D eigenvalue weighted by Gasteiger charge is -2.34. The summed E-state index contributed by atoms with van der Waals surface area (Å²) in [6.45, 7) is 7.42. The molecular formula is C36H49ClN4O9S. The van der Waals surface area contributed by atoms with Crippen LogP contribution in [-0.4, -0.2) is 83.1 Å². The van der Waals surface area contributed by atoms with Crippen LogP contribution in [0.25, 0.3) is 0 Å². The van der Waals surface area contributed by atoms with Crippen LogP contribution in [0.15, 0.2) is 18.2 Å². The van der Waals surface area contributed by atoms with Gasteiger partial charge in [-0.1, -0.05) is 56.3 Å². The van der Waals surface area contributed by atoms with Crippen molar-refractivity contribution in [2.24, 2.45) is 17.8 Å². The normalized spacial score (nSPS) is 27.0. The van der Waals surface area contributed by atoms with Crippen molar-refractivity contribution in [1.82, 2.24) is 19.8 Å². The molecule has 5 atom stereocenters. The molecule has 1 saturated heterocycles. The fraction of sp³-hybridized carbons (Fsp3) is 0.694. The molecule has 4 amide bonds. The molecule has 280 valence electrons. The molecule has 1 aromatic rings. The number of ether oxygens (including phenoxy) is 2. The van der Waals surface area contributed by atoms with Crippen molar-refractivity contribution in [2.75, 3.05) is 6.54 Å². The van der Waals surface area contributed by atoms with E-state index in [1.54, 1.807) is 26.8 Å². The minimum Gasteiger partial charge on any atom is -0.459 e. The van der Waals surface area contributed by atoms with Crippen molar-refractivity contribution >= 4 is 51.4 Å². The average Bonchev–Trinajstić information content (AvgIpc) is 3.95. The zero-order chi connectivity index (χ0) is 36.9. The SMILES string of the molecule is CC[C@@H]1C[C@]1(NC(=O)[C@@H]1C[C@@H](OC(=O)N2Cc3cccc(Cl)c3C2)CN1C(=O)[C@@H](C(=O)OC(C)(C)C)C1CCCCC1)C(=O)NS(=O)(=O)C1CC1. The van der Waals surface area contributed by atoms with Crippen molar-refractivity contribution < 1.29 is 41.9 Å². The largest absolute Gasteiger partial charge is 0.459 e. The van der Waals surface area contributed by atoms with E-state index in [1.165, 1.54) is 9.80 Å². The van der Waals surface area contributed by atoms with Gasteiger partial charge in [0, 0.05) is 18.0 Å². The highest BCUT2D eigenvalue weighted by Gasteiger charge is 2.62. The number of hydrogen-bond acceptors (Lipinski definition) is 9. The van der Waals surface area contributed by atoms with Crippen LogP contribution in [0, 0.1) is 17.8 Å². The lowest BCUT2D eigenvalue weighted by Crippen LogP contribution is -2.57. The van der Waals surface area contributed by atoms with Crippen LogP contribution in [-0.2, 0) is 51.8 Å². The predicted octanol–water partition coefficient (Wildman–Crippen LogP) is 4.19. The van der Waals surface area contributed by atoms with Crippen molar-refractivity contribution in [3.05, 3.63) is 34.3 Å². The van der Waals surface area contributed by atoms with E-state index in [9.17, 15) is 32.4 Å². The first-order chi connectivity index (χ1) is 24.0. The first-order valence-electron chi connectivity index (χ1n) is 18.2. The third-order valence-corrected chi connectivity index (χ3v) is 13.1. The van der Waals surface area contributed by atoms with E-state index in [0.29, 0.717) is 37.1 Å². The highest BCUT2D eigenvalue weighted by Crippen LogP contribution is 2.47. The Labute approximate surface area is 304 Å². The second kappa shape index (κ2) is 14.2. The van der Waals surface area contributed by atoms with Crippen LogP contribution in [0.1, 0.15) is 103 Å². The van der Waals surface area contributed by atoms with Crippen LogP contribution in [0.2, 0.25) is 5.02 Å². The molecule has 2 heterocycles. The Hall–Kier alpha value is -3.39. The van der Waals surface area contributed by atoms with E-state index in [-0.39, 0.29) is 44.3 Å². The van der Waals surface area contributed by atoms with E-state index in [2.05, 4.69) is 10.0 Å². The molecule has 1 aromatic carbocycles. The van der Waals surface area contributed by atoms with Gasteiger partial charge in [-0.15, -0.1) is 0 Å². The molecule has 3 saturated carbocycles. The summed E-state index contributed by atoms with van der Waals surface area (Å²) in [7, 11) is -3.88. The van der Waals surface area contributed by atoms with Gasteiger partial charge in [0.1, 0.15) is 29.2 Å². The summed E-state index contributed by atoms with van der Waals surface area (Å²) in [5.74, 6) is -4.51. The van der Waals surface area contributed by atoms with Crippen LogP contribution in [0.4, 0.5) is 4.79 Å². The Morgan fingerprint density at radius 1 is 1.04 bits per heavy atom. The first kappa shape index (κ1) is 37.4. The predicted molar refractivity (Wildman–Crippen MR) is 186 cm³/mol. The van der Waals surface area contributed by atoms with Crippen LogP contribution < -0.4 is 10.0 Å². The number of amides is 4. The minimum atomic E-state index is -3.88. The fourth-order valence-electron chi connectivity index (χ4n) is 7.90. The number of rotatable bonds is 10. The number of benzene rings is 1. The summed E-state index contributed by atoms with van der Waals surface area (Å²) in [5.41, 5.74) is -0.602. The molecule has 5 aliphatic rings. The number of hydrogen-bond donors (Lipinski definition) is 2. The van der Waals surface area contributed by atoms with Gasteiger partial charge in [0.2, 0.25) is 21.8 Å². The highest BCUT2D eigenvalue weighted by atomic mass is 35.5. The van der Waals surface area contributed by atoms with E-state index in [0.717, 1.165) is 30.4 Å². The fourth-order valence-corrected chi connectivity index (χ4v) is 9.52. The summed E-state index contributed by atoms with van der Waals surface area (Å²) < 4.78 is 39.2. The smallest absolute Gasteiger partial charge is 0.410 e. The summed E-state index contributed by atoms with van der Waals surface area (Å²) in [6.07, 6.45) is 4.05. The number of likely N-dealkylation sites (tertiary alicyclic amines) is 1. The van der Waals surface area contributed by atoms with Crippen molar-refractivity contribution in [1.29, 1.82) is 0 Å². The van der Waals surface area contributed by atoms with Gasteiger partial charge in [-0.2, -0.15) is 0 Å². The molecule has 0 unspecified atom stereocenters. The summed E-state index contributed by atoms with van der Waals surface area (Å²) in [6, 6.07) is 4.25. The maximum atomic E-state index is 14.6. The van der Waals surface area contributed by atoms with Crippen LogP contribution in [0.3, 0.4) is 0 Å². The molecule has 0 radical (unpaired) electrons. The lowest BCUT2D eigenvalue weighted by molar-refractivity contribution is -0.169. The Bertz CT molecular complexity index is 1690. The summed E-state index contributed by atoms with van der Waals surface area (Å²) in [4.78, 5) is 72.3. The number of carbonyl (C=O) groups is 5. The van der Waals surface area contributed by atoms with Crippen molar-refractivity contribution in [3.8, 4) is 0 Å². The van der Waals surface area contributed by atoms with E-state index < -0.39 is 74.3 Å². The summed E-state index contributed by atoms with van der Waals surface area (Å²) >= 11 is 6.36. The van der Waals surface area contributed by atoms with Gasteiger partial charge in [-0.25, -0.2) is 13.2 Å². The number of nitrogens with zero attached hydrogens (tertiary/aromatic N) is 2. The zero-order valence-electron chi connectivity index (χ0n) is 29.7. The number of nitrogens with one attached hydrogen (secondary N) is 2. The monoisotopic (exact) mass is 748 g/mol. The Balaban J connectivity index is 1.25. The molecule has 51 heavy (non-hydrogen) atoms. The van der Waals surface area contributed by atoms with Gasteiger partial charge in [-0.3, -0.25) is 28.8 Å². The molecule has 2 aliphatic heterocycles. The molecular weight excluding hydrogens is 700 g/mol. The quantitative estimate of drug-likeness (QED) is 0.263. The third kappa shape index (κ3) is 8.01. The van der Waals surface area contributed by atoms with E-state index in [1.807, 2.05) is 19.1 Å². The maximum Gasteiger partial charge on any atom is 0.410 e. The Kier molecular flexibility index (Phi) is 10.4. The lowest BCUT2D eigenvalue weighted by atomic mass is 9.79. The maximum absolute atomic E-state index is 14.6. The molecule has 13 nitrogen and oxygen atoms in total. The van der Waals surface area contributed by atoms with Crippen molar-refractivity contribution in [3.63, 3.8) is 0 Å². The number of carbonyl (C=O) groups excluding carboxylic acids is 5. The number of sulfonamides is 1. The second-order valence-corrected chi connectivity index (χ2v) is 18.2. The average molecular weight is 749 g/mol. The van der Waals surface area contributed by atoms with Crippen LogP contribution in [0.5, 0.6) is 0 Å². The van der Waals surface area contributed by atoms with Gasteiger partial charge >= 0.3 is 12.1 Å². The Morgan fingerprint density at radius 3 is 2.35 bits per heavy atom. The molecule has 6 rings (SSSR count). The number of fused-ring (bicyclic) bond motifs is 1. The molecule has 15 heteroatoms. The third-order valence-electron chi connectivity index (χ3n) is 10.9. The molecule has 3 aliphatic carbocycles. The standard InChI is InChI=1S/C36H49ClN4O9S/c1-5-23-17-36(23,33(45)39-51(47,48)25-14-15-25)38-30(42)28-16-24(49-34(46)40-18-22-12-9-13-27(37)26(22)20-40)19-41(28)31(43)29(21-10-7-6-8-11-21)32(44)50-35(2,3)4/h9,12-13,21,23-25,28-29H,5-8,10-11,14-20H2,1-4H3,(H,38,42)(H,39,45)/t23-,24-,28+,29+,36-/m1/s1. The molecule has 4 fully saturated rings. The van der Waals surface area contributed by atoms with Gasteiger partial charge in [0.25, 0.3) is 5.91 Å². The van der Waals surface area contributed by atoms with Gasteiger partial charge in [-0.05, 0) is 81.9 Å². The highest BCUT2D eigenvalue weighted by molar-refractivity contribution is 7.91. The zero-order valence-corrected chi connectivity index (χ0v) is 31.3. The molecule has 0 aromatic heterocycles. The van der Waals surface area contributed by atoms with Gasteiger partial charge in [0.05, 0.1) is 18.3 Å². The van der Waals surface area contributed by atoms with Gasteiger partial charge in [0.15, 0.2) is 0 Å². The summed E-state index contributed by atoms with van der Waals surface area (Å²) in [5, 5.41) is 2.73. The molecule has 0 spiro atoms. The van der Waals surface area contributed by atoms with Crippen LogP contribution >= 0.6 is 11.6 Å². The Morgan fingerprint density at radius 2 is 1.75 bits per heavy atom. The van der Waals surface area contributed by atoms with E-state index in [4.69, 9.17) is 21.1 Å². The first-order valence-corrected chi connectivity index (χ1v) is 20.1. The number of halogens is 1. The van der Waals surface area contributed by atoms with Gasteiger partial charge < -0.3 is 19.7 Å². The topological polar surface area (TPSA) is 168 Å². The van der Waals surface area contributed by atoms with Crippen molar-refractivity contribution in [2.45, 2.75) is 134 Å².